The van der Waals surface area contributed by atoms with Crippen LogP contribution in [0.25, 0.3) is 0 Å². The van der Waals surface area contributed by atoms with Gasteiger partial charge in [-0.2, -0.15) is 0 Å². The van der Waals surface area contributed by atoms with Crippen LogP contribution in [0, 0.1) is 5.92 Å². The largest absolute Gasteiger partial charge is 0.481 e. The topological polar surface area (TPSA) is 66.8 Å². The fourth-order valence-corrected chi connectivity index (χ4v) is 2.49. The van der Waals surface area contributed by atoms with Gasteiger partial charge in [-0.05, 0) is 12.8 Å². The minimum Gasteiger partial charge on any atom is -0.481 e. The second kappa shape index (κ2) is 4.08. The Kier molecular flexibility index (Phi) is 2.79. The molecule has 1 aliphatic carbocycles. The second-order valence-corrected chi connectivity index (χ2v) is 4.17. The first kappa shape index (κ1) is 10.3. The molecule has 84 valence electrons. The zero-order valence-corrected chi connectivity index (χ0v) is 8.52. The quantitative estimate of drug-likeness (QED) is 0.761. The van der Waals surface area contributed by atoms with Crippen molar-refractivity contribution >= 4 is 12.1 Å². The van der Waals surface area contributed by atoms with Crippen molar-refractivity contribution in [1.29, 1.82) is 0 Å². The van der Waals surface area contributed by atoms with Crippen molar-refractivity contribution in [2.75, 3.05) is 13.2 Å². The van der Waals surface area contributed by atoms with Gasteiger partial charge in [-0.15, -0.1) is 0 Å². The van der Waals surface area contributed by atoms with E-state index in [0.29, 0.717) is 12.5 Å². The number of rotatable bonds is 3. The number of aliphatic carboxylic acids is 1. The van der Waals surface area contributed by atoms with Gasteiger partial charge in [0.1, 0.15) is 0 Å². The maximum Gasteiger partial charge on any atom is 0.410 e. The molecule has 1 heterocycles. The van der Waals surface area contributed by atoms with E-state index in [-0.39, 0.29) is 25.1 Å². The van der Waals surface area contributed by atoms with Crippen molar-refractivity contribution in [2.45, 2.75) is 31.7 Å². The maximum atomic E-state index is 11.5. The number of fused-ring (bicyclic) bond motifs is 1. The number of nitrogens with zero attached hydrogens (tertiary/aromatic N) is 1. The van der Waals surface area contributed by atoms with Crippen LogP contribution in [0.4, 0.5) is 4.79 Å². The molecule has 2 fully saturated rings. The van der Waals surface area contributed by atoms with E-state index in [1.54, 1.807) is 4.90 Å². The normalized spacial score (nSPS) is 29.9. The Labute approximate surface area is 88.0 Å². The van der Waals surface area contributed by atoms with Crippen LogP contribution in [0.5, 0.6) is 0 Å². The van der Waals surface area contributed by atoms with Crippen molar-refractivity contribution in [3.05, 3.63) is 0 Å². The van der Waals surface area contributed by atoms with Gasteiger partial charge in [-0.25, -0.2) is 4.79 Å². The van der Waals surface area contributed by atoms with Crippen LogP contribution in [0.2, 0.25) is 0 Å². The summed E-state index contributed by atoms with van der Waals surface area (Å²) >= 11 is 0. The summed E-state index contributed by atoms with van der Waals surface area (Å²) < 4.78 is 5.03. The molecule has 1 N–H and O–H groups in total. The summed E-state index contributed by atoms with van der Waals surface area (Å²) in [7, 11) is 0. The van der Waals surface area contributed by atoms with E-state index in [9.17, 15) is 9.59 Å². The number of carboxylic acids is 1. The van der Waals surface area contributed by atoms with E-state index in [4.69, 9.17) is 9.84 Å². The van der Waals surface area contributed by atoms with E-state index >= 15 is 0 Å². The van der Waals surface area contributed by atoms with Crippen LogP contribution in [-0.4, -0.2) is 41.3 Å². The van der Waals surface area contributed by atoms with Gasteiger partial charge in [-0.3, -0.25) is 4.79 Å². The standard InChI is InChI=1S/C10H15NO4/c12-9(13)4-5-11-8-3-1-2-7(8)6-15-10(11)14/h7-8H,1-6H2,(H,12,13). The molecule has 1 aliphatic heterocycles. The predicted octanol–water partition coefficient (Wildman–Crippen LogP) is 1.08. The Balaban J connectivity index is 1.99. The van der Waals surface area contributed by atoms with Crippen molar-refractivity contribution in [3.63, 3.8) is 0 Å². The Bertz CT molecular complexity index is 279. The fraction of sp³-hybridized carbons (Fsp3) is 0.800. The van der Waals surface area contributed by atoms with Gasteiger partial charge in [0.05, 0.1) is 13.0 Å². The highest BCUT2D eigenvalue weighted by Gasteiger charge is 2.39. The van der Waals surface area contributed by atoms with Crippen molar-refractivity contribution in [2.24, 2.45) is 5.92 Å². The molecule has 2 aliphatic rings. The number of carboxylic acid groups (broad SMARTS) is 1. The molecule has 0 spiro atoms. The summed E-state index contributed by atoms with van der Waals surface area (Å²) in [5, 5.41) is 8.59. The molecule has 15 heavy (non-hydrogen) atoms. The van der Waals surface area contributed by atoms with E-state index in [2.05, 4.69) is 0 Å². The molecule has 0 aromatic carbocycles. The van der Waals surface area contributed by atoms with Crippen LogP contribution in [0.15, 0.2) is 0 Å². The second-order valence-electron chi connectivity index (χ2n) is 4.17. The smallest absolute Gasteiger partial charge is 0.410 e. The van der Waals surface area contributed by atoms with Crippen molar-refractivity contribution in [1.82, 2.24) is 4.90 Å². The molecule has 0 aromatic heterocycles. The Morgan fingerprint density at radius 1 is 1.53 bits per heavy atom. The lowest BCUT2D eigenvalue weighted by Gasteiger charge is -2.36. The van der Waals surface area contributed by atoms with E-state index in [1.807, 2.05) is 0 Å². The van der Waals surface area contributed by atoms with Crippen LogP contribution in [0.1, 0.15) is 25.7 Å². The van der Waals surface area contributed by atoms with Crippen LogP contribution < -0.4 is 0 Å². The monoisotopic (exact) mass is 213 g/mol. The Morgan fingerprint density at radius 3 is 3.07 bits per heavy atom. The summed E-state index contributed by atoms with van der Waals surface area (Å²) in [4.78, 5) is 23.5. The molecule has 2 rings (SSSR count). The third-order valence-electron chi connectivity index (χ3n) is 3.24. The van der Waals surface area contributed by atoms with E-state index in [1.165, 1.54) is 0 Å². The predicted molar refractivity (Wildman–Crippen MR) is 51.4 cm³/mol. The summed E-state index contributed by atoms with van der Waals surface area (Å²) in [5.41, 5.74) is 0. The fourth-order valence-electron chi connectivity index (χ4n) is 2.49. The molecule has 0 bridgehead atoms. The summed E-state index contributed by atoms with van der Waals surface area (Å²) in [6.07, 6.45) is 2.83. The zero-order chi connectivity index (χ0) is 10.8. The summed E-state index contributed by atoms with van der Waals surface area (Å²) in [6, 6.07) is 0.214. The highest BCUT2D eigenvalue weighted by Crippen LogP contribution is 2.33. The highest BCUT2D eigenvalue weighted by atomic mass is 16.6. The summed E-state index contributed by atoms with van der Waals surface area (Å²) in [6.45, 7) is 0.780. The zero-order valence-electron chi connectivity index (χ0n) is 8.52. The van der Waals surface area contributed by atoms with Gasteiger partial charge in [0.25, 0.3) is 0 Å². The minimum absolute atomic E-state index is 0.00167. The Hall–Kier alpha value is -1.26. The number of carbonyl (C=O) groups is 2. The van der Waals surface area contributed by atoms with Crippen LogP contribution >= 0.6 is 0 Å². The first-order valence-corrected chi connectivity index (χ1v) is 5.33. The van der Waals surface area contributed by atoms with Gasteiger partial charge < -0.3 is 14.7 Å². The highest BCUT2D eigenvalue weighted by molar-refractivity contribution is 5.71. The number of hydrogen-bond acceptors (Lipinski definition) is 3. The lowest BCUT2D eigenvalue weighted by molar-refractivity contribution is -0.137. The molecule has 5 nitrogen and oxygen atoms in total. The molecule has 2 unspecified atom stereocenters. The Morgan fingerprint density at radius 2 is 2.33 bits per heavy atom. The molecule has 5 heteroatoms. The molecule has 0 aromatic rings. The molecule has 1 saturated heterocycles. The van der Waals surface area contributed by atoms with Gasteiger partial charge in [0.2, 0.25) is 0 Å². The minimum atomic E-state index is -0.872. The third-order valence-corrected chi connectivity index (χ3v) is 3.24. The number of cyclic esters (lactones) is 1. The maximum absolute atomic E-state index is 11.5. The van der Waals surface area contributed by atoms with Gasteiger partial charge in [0.15, 0.2) is 0 Å². The van der Waals surface area contributed by atoms with Crippen molar-refractivity contribution < 1.29 is 19.4 Å². The molecule has 2 atom stereocenters. The molecule has 1 saturated carbocycles. The van der Waals surface area contributed by atoms with Gasteiger partial charge in [-0.1, -0.05) is 6.42 Å². The third kappa shape index (κ3) is 2.06. The molecular formula is C10H15NO4. The van der Waals surface area contributed by atoms with Crippen LogP contribution in [0.3, 0.4) is 0 Å². The number of carbonyl (C=O) groups excluding carboxylic acids is 1. The van der Waals surface area contributed by atoms with Gasteiger partial charge in [0, 0.05) is 18.5 Å². The lowest BCUT2D eigenvalue weighted by atomic mass is 10.0. The van der Waals surface area contributed by atoms with Crippen molar-refractivity contribution in [3.8, 4) is 0 Å². The SMILES string of the molecule is O=C(O)CCN1C(=O)OCC2CCCC21. The average Bonchev–Trinajstić information content (AvgIpc) is 2.63. The summed E-state index contributed by atoms with van der Waals surface area (Å²) in [5.74, 6) is -0.459. The first-order valence-electron chi connectivity index (χ1n) is 5.33. The molecule has 1 amide bonds. The lowest BCUT2D eigenvalue weighted by Crippen LogP contribution is -2.49. The number of amides is 1. The van der Waals surface area contributed by atoms with E-state index in [0.717, 1.165) is 19.3 Å². The number of hydrogen-bond donors (Lipinski definition) is 1. The number of ether oxygens (including phenoxy) is 1. The first-order chi connectivity index (χ1) is 7.18. The van der Waals surface area contributed by atoms with Gasteiger partial charge >= 0.3 is 12.1 Å². The van der Waals surface area contributed by atoms with Crippen LogP contribution in [-0.2, 0) is 9.53 Å². The molecular weight excluding hydrogens is 198 g/mol. The van der Waals surface area contributed by atoms with E-state index < -0.39 is 5.97 Å². The average molecular weight is 213 g/mol. The molecule has 0 radical (unpaired) electrons.